The van der Waals surface area contributed by atoms with Gasteiger partial charge in [-0.3, -0.25) is 4.79 Å². The lowest BCUT2D eigenvalue weighted by atomic mass is 10.2. The fourth-order valence-corrected chi connectivity index (χ4v) is 2.26. The summed E-state index contributed by atoms with van der Waals surface area (Å²) in [6.45, 7) is 3.74. The molecule has 0 aliphatic rings. The molecule has 1 N–H and O–H groups in total. The number of carbonyl (C=O) groups is 1. The normalized spacial score (nSPS) is 11.2. The molecule has 1 aromatic heterocycles. The standard InChI is InChI=1S/C15H16N2O2S/c1-11-6-3-4-7-13(11)19-10-15(18)17-16-12(2)14-8-5-9-20-14/h3-9H,10H2,1-2H3,(H,17,18)/b16-12+. The second kappa shape index (κ2) is 6.86. The SMILES string of the molecule is C/C(=N\NC(=O)COc1ccccc1C)c1cccs1. The van der Waals surface area contributed by atoms with Gasteiger partial charge >= 0.3 is 0 Å². The summed E-state index contributed by atoms with van der Waals surface area (Å²) in [5, 5.41) is 6.02. The van der Waals surface area contributed by atoms with Gasteiger partial charge in [-0.15, -0.1) is 11.3 Å². The number of nitrogens with zero attached hydrogens (tertiary/aromatic N) is 1. The van der Waals surface area contributed by atoms with Crippen LogP contribution in [0.15, 0.2) is 46.9 Å². The quantitative estimate of drug-likeness (QED) is 0.679. The number of hydrazone groups is 1. The van der Waals surface area contributed by atoms with Gasteiger partial charge in [-0.25, -0.2) is 5.43 Å². The fraction of sp³-hybridized carbons (Fsp3) is 0.200. The van der Waals surface area contributed by atoms with Crippen molar-refractivity contribution in [1.82, 2.24) is 5.43 Å². The Balaban J connectivity index is 1.84. The van der Waals surface area contributed by atoms with Gasteiger partial charge in [0.25, 0.3) is 5.91 Å². The molecule has 0 fully saturated rings. The first-order chi connectivity index (χ1) is 9.66. The summed E-state index contributed by atoms with van der Waals surface area (Å²) in [4.78, 5) is 12.7. The predicted molar refractivity (Wildman–Crippen MR) is 81.3 cm³/mol. The van der Waals surface area contributed by atoms with Crippen LogP contribution in [0.5, 0.6) is 5.75 Å². The first kappa shape index (κ1) is 14.3. The number of hydrogen-bond donors (Lipinski definition) is 1. The summed E-state index contributed by atoms with van der Waals surface area (Å²) < 4.78 is 5.44. The van der Waals surface area contributed by atoms with Crippen molar-refractivity contribution in [2.24, 2.45) is 5.10 Å². The molecule has 1 heterocycles. The van der Waals surface area contributed by atoms with E-state index in [1.165, 1.54) is 0 Å². The average molecular weight is 288 g/mol. The highest BCUT2D eigenvalue weighted by atomic mass is 32.1. The highest BCUT2D eigenvalue weighted by Gasteiger charge is 2.04. The van der Waals surface area contributed by atoms with Crippen molar-refractivity contribution in [2.75, 3.05) is 6.61 Å². The van der Waals surface area contributed by atoms with Crippen molar-refractivity contribution in [3.63, 3.8) is 0 Å². The number of rotatable bonds is 5. The maximum atomic E-state index is 11.7. The van der Waals surface area contributed by atoms with Crippen molar-refractivity contribution in [3.8, 4) is 5.75 Å². The van der Waals surface area contributed by atoms with Crippen molar-refractivity contribution in [1.29, 1.82) is 0 Å². The van der Waals surface area contributed by atoms with Gasteiger partial charge in [-0.05, 0) is 36.9 Å². The molecule has 0 spiro atoms. The van der Waals surface area contributed by atoms with Crippen LogP contribution in [0, 0.1) is 6.92 Å². The van der Waals surface area contributed by atoms with E-state index in [1.807, 2.05) is 55.6 Å². The summed E-state index contributed by atoms with van der Waals surface area (Å²) >= 11 is 1.58. The first-order valence-corrected chi connectivity index (χ1v) is 7.10. The Morgan fingerprint density at radius 3 is 2.80 bits per heavy atom. The van der Waals surface area contributed by atoms with Gasteiger partial charge in [0, 0.05) is 4.88 Å². The Labute approximate surface area is 122 Å². The minimum Gasteiger partial charge on any atom is -0.483 e. The number of hydrogen-bond acceptors (Lipinski definition) is 4. The third-order valence-corrected chi connectivity index (χ3v) is 3.66. The van der Waals surface area contributed by atoms with Crippen LogP contribution in [0.2, 0.25) is 0 Å². The molecule has 5 heteroatoms. The third-order valence-electron chi connectivity index (χ3n) is 2.68. The summed E-state index contributed by atoms with van der Waals surface area (Å²) in [5.74, 6) is 0.436. The maximum absolute atomic E-state index is 11.7. The number of amides is 1. The molecule has 0 bridgehead atoms. The Morgan fingerprint density at radius 1 is 1.30 bits per heavy atom. The van der Waals surface area contributed by atoms with Crippen molar-refractivity contribution >= 4 is 23.0 Å². The van der Waals surface area contributed by atoms with Crippen LogP contribution in [0.1, 0.15) is 17.4 Å². The Kier molecular flexibility index (Phi) is 4.90. The van der Waals surface area contributed by atoms with Crippen LogP contribution in [-0.4, -0.2) is 18.2 Å². The molecule has 4 nitrogen and oxygen atoms in total. The average Bonchev–Trinajstić information content (AvgIpc) is 2.98. The lowest BCUT2D eigenvalue weighted by molar-refractivity contribution is -0.123. The molecule has 0 unspecified atom stereocenters. The lowest BCUT2D eigenvalue weighted by Crippen LogP contribution is -2.25. The van der Waals surface area contributed by atoms with E-state index in [0.29, 0.717) is 5.75 Å². The minimum absolute atomic E-state index is 0.0495. The molecule has 1 amide bonds. The van der Waals surface area contributed by atoms with Gasteiger partial charge in [-0.1, -0.05) is 24.3 Å². The van der Waals surface area contributed by atoms with Crippen molar-refractivity contribution < 1.29 is 9.53 Å². The molecule has 0 atom stereocenters. The Hall–Kier alpha value is -2.14. The predicted octanol–water partition coefficient (Wildman–Crippen LogP) is 2.98. The van der Waals surface area contributed by atoms with Crippen LogP contribution in [0.4, 0.5) is 0 Å². The molecule has 0 aliphatic heterocycles. The zero-order valence-electron chi connectivity index (χ0n) is 11.4. The Bertz CT molecular complexity index is 606. The van der Waals surface area contributed by atoms with E-state index in [0.717, 1.165) is 16.2 Å². The molecule has 104 valence electrons. The van der Waals surface area contributed by atoms with Gasteiger partial charge in [0.2, 0.25) is 0 Å². The summed E-state index contributed by atoms with van der Waals surface area (Å²) in [5.41, 5.74) is 4.27. The lowest BCUT2D eigenvalue weighted by Gasteiger charge is -2.07. The van der Waals surface area contributed by atoms with Crippen LogP contribution in [0.25, 0.3) is 0 Å². The smallest absolute Gasteiger partial charge is 0.277 e. The van der Waals surface area contributed by atoms with E-state index in [1.54, 1.807) is 11.3 Å². The second-order valence-corrected chi connectivity index (χ2v) is 5.21. The van der Waals surface area contributed by atoms with E-state index in [-0.39, 0.29) is 12.5 Å². The molecular weight excluding hydrogens is 272 g/mol. The van der Waals surface area contributed by atoms with Gasteiger partial charge in [-0.2, -0.15) is 5.10 Å². The minimum atomic E-state index is -0.274. The fourth-order valence-electron chi connectivity index (χ4n) is 1.58. The topological polar surface area (TPSA) is 50.7 Å². The molecule has 1 aromatic carbocycles. The van der Waals surface area contributed by atoms with E-state index < -0.39 is 0 Å². The molecule has 2 aromatic rings. The third kappa shape index (κ3) is 3.93. The first-order valence-electron chi connectivity index (χ1n) is 6.22. The number of ether oxygens (including phenoxy) is 1. The van der Waals surface area contributed by atoms with Crippen LogP contribution in [-0.2, 0) is 4.79 Å². The summed E-state index contributed by atoms with van der Waals surface area (Å²) in [6.07, 6.45) is 0. The van der Waals surface area contributed by atoms with Gasteiger partial charge in [0.15, 0.2) is 6.61 Å². The highest BCUT2D eigenvalue weighted by molar-refractivity contribution is 7.12. The van der Waals surface area contributed by atoms with Crippen LogP contribution < -0.4 is 10.2 Å². The Morgan fingerprint density at radius 2 is 2.10 bits per heavy atom. The molecule has 0 radical (unpaired) electrons. The van der Waals surface area contributed by atoms with Gasteiger partial charge in [0.1, 0.15) is 5.75 Å². The van der Waals surface area contributed by atoms with Gasteiger partial charge < -0.3 is 4.74 Å². The molecule has 0 saturated heterocycles. The zero-order chi connectivity index (χ0) is 14.4. The van der Waals surface area contributed by atoms with Gasteiger partial charge in [0.05, 0.1) is 5.71 Å². The molecule has 0 aliphatic carbocycles. The highest BCUT2D eigenvalue weighted by Crippen LogP contribution is 2.15. The largest absolute Gasteiger partial charge is 0.483 e. The van der Waals surface area contributed by atoms with E-state index in [9.17, 15) is 4.79 Å². The number of para-hydroxylation sites is 1. The number of benzene rings is 1. The molecule has 0 saturated carbocycles. The van der Waals surface area contributed by atoms with E-state index in [2.05, 4.69) is 10.5 Å². The van der Waals surface area contributed by atoms with Crippen molar-refractivity contribution in [3.05, 3.63) is 52.2 Å². The molecular formula is C15H16N2O2S. The summed E-state index contributed by atoms with van der Waals surface area (Å²) in [7, 11) is 0. The number of nitrogens with one attached hydrogen (secondary N) is 1. The number of carbonyl (C=O) groups excluding carboxylic acids is 1. The van der Waals surface area contributed by atoms with Crippen LogP contribution >= 0.6 is 11.3 Å². The second-order valence-electron chi connectivity index (χ2n) is 4.26. The van der Waals surface area contributed by atoms with E-state index >= 15 is 0 Å². The van der Waals surface area contributed by atoms with Crippen molar-refractivity contribution in [2.45, 2.75) is 13.8 Å². The maximum Gasteiger partial charge on any atom is 0.277 e. The zero-order valence-corrected chi connectivity index (χ0v) is 12.2. The summed E-state index contributed by atoms with van der Waals surface area (Å²) in [6, 6.07) is 11.5. The number of thiophene rings is 1. The number of aryl methyl sites for hydroxylation is 1. The van der Waals surface area contributed by atoms with E-state index in [4.69, 9.17) is 4.74 Å². The molecule has 2 rings (SSSR count). The van der Waals surface area contributed by atoms with Crippen LogP contribution in [0.3, 0.4) is 0 Å². The monoisotopic (exact) mass is 288 g/mol. The molecule has 20 heavy (non-hydrogen) atoms.